The molecule has 0 aliphatic heterocycles. The van der Waals surface area contributed by atoms with E-state index in [9.17, 15) is 0 Å². The first-order valence-electron chi connectivity index (χ1n) is 7.12. The molecule has 1 aromatic heterocycles. The van der Waals surface area contributed by atoms with Crippen molar-refractivity contribution in [3.8, 4) is 0 Å². The largest absolute Gasteiger partial charge is 0.381 e. The highest BCUT2D eigenvalue weighted by atomic mass is 16.5. The van der Waals surface area contributed by atoms with E-state index in [1.165, 1.54) is 25.7 Å². The molecule has 3 nitrogen and oxygen atoms in total. The molecule has 0 saturated carbocycles. The quantitative estimate of drug-likeness (QED) is 0.613. The minimum atomic E-state index is 0.786. The van der Waals surface area contributed by atoms with Crippen molar-refractivity contribution in [2.24, 2.45) is 0 Å². The lowest BCUT2D eigenvalue weighted by atomic mass is 10.2. The van der Waals surface area contributed by atoms with Gasteiger partial charge in [0.25, 0.3) is 0 Å². The highest BCUT2D eigenvalue weighted by molar-refractivity contribution is 5.03. The van der Waals surface area contributed by atoms with Crippen LogP contribution in [-0.2, 0) is 11.2 Å². The van der Waals surface area contributed by atoms with Crippen LogP contribution in [-0.4, -0.2) is 31.3 Å². The monoisotopic (exact) mass is 250 g/mol. The molecule has 0 aliphatic carbocycles. The van der Waals surface area contributed by atoms with E-state index in [1.807, 2.05) is 24.4 Å². The van der Waals surface area contributed by atoms with Crippen molar-refractivity contribution in [3.05, 3.63) is 30.1 Å². The predicted molar refractivity (Wildman–Crippen MR) is 75.8 cm³/mol. The van der Waals surface area contributed by atoms with Gasteiger partial charge in [-0.3, -0.25) is 4.98 Å². The number of unbranched alkanes of at least 4 members (excludes halogenated alkanes) is 3. The van der Waals surface area contributed by atoms with Crippen molar-refractivity contribution in [2.75, 3.05) is 26.3 Å². The van der Waals surface area contributed by atoms with Crippen LogP contribution >= 0.6 is 0 Å². The predicted octanol–water partition coefficient (Wildman–Crippen LogP) is 2.81. The lowest BCUT2D eigenvalue weighted by Crippen LogP contribution is -2.13. The number of rotatable bonds is 11. The Morgan fingerprint density at radius 2 is 2.00 bits per heavy atom. The zero-order chi connectivity index (χ0) is 12.9. The molecule has 0 aromatic carbocycles. The van der Waals surface area contributed by atoms with E-state index in [2.05, 4.69) is 17.2 Å². The highest BCUT2D eigenvalue weighted by Gasteiger charge is 1.94. The van der Waals surface area contributed by atoms with E-state index in [0.717, 1.165) is 38.4 Å². The molecular weight excluding hydrogens is 224 g/mol. The maximum absolute atomic E-state index is 5.61. The van der Waals surface area contributed by atoms with E-state index < -0.39 is 0 Å². The normalized spacial score (nSPS) is 10.7. The molecule has 0 saturated heterocycles. The third-order valence-electron chi connectivity index (χ3n) is 2.87. The lowest BCUT2D eigenvalue weighted by Gasteiger charge is -2.04. The van der Waals surface area contributed by atoms with Crippen LogP contribution in [0.3, 0.4) is 0 Å². The molecule has 0 bridgehead atoms. The van der Waals surface area contributed by atoms with E-state index in [4.69, 9.17) is 4.74 Å². The maximum Gasteiger partial charge on any atom is 0.0521 e. The van der Waals surface area contributed by atoms with E-state index in [0.29, 0.717) is 0 Å². The smallest absolute Gasteiger partial charge is 0.0521 e. The molecule has 3 heteroatoms. The van der Waals surface area contributed by atoms with Gasteiger partial charge < -0.3 is 10.1 Å². The van der Waals surface area contributed by atoms with Gasteiger partial charge in [-0.25, -0.2) is 0 Å². The average molecular weight is 250 g/mol. The summed E-state index contributed by atoms with van der Waals surface area (Å²) in [5, 5.41) is 3.34. The third kappa shape index (κ3) is 8.20. The summed E-state index contributed by atoms with van der Waals surface area (Å²) in [5.41, 5.74) is 1.11. The molecule has 1 rings (SSSR count). The van der Waals surface area contributed by atoms with Gasteiger partial charge >= 0.3 is 0 Å². The minimum Gasteiger partial charge on any atom is -0.381 e. The fourth-order valence-electron chi connectivity index (χ4n) is 1.81. The van der Waals surface area contributed by atoms with Crippen LogP contribution in [0.2, 0.25) is 0 Å². The number of nitrogens with one attached hydrogen (secondary N) is 1. The molecule has 0 atom stereocenters. The Morgan fingerprint density at radius 1 is 1.11 bits per heavy atom. The Bertz CT molecular complexity index is 277. The number of aromatic nitrogens is 1. The maximum atomic E-state index is 5.61. The van der Waals surface area contributed by atoms with Crippen molar-refractivity contribution in [1.82, 2.24) is 10.3 Å². The van der Waals surface area contributed by atoms with Gasteiger partial charge in [0.15, 0.2) is 0 Å². The first-order chi connectivity index (χ1) is 8.93. The van der Waals surface area contributed by atoms with Crippen molar-refractivity contribution >= 4 is 0 Å². The number of ether oxygens (including phenoxy) is 1. The third-order valence-corrected chi connectivity index (χ3v) is 2.87. The molecule has 0 aliphatic rings. The van der Waals surface area contributed by atoms with Crippen LogP contribution in [0.15, 0.2) is 24.4 Å². The topological polar surface area (TPSA) is 34.1 Å². The van der Waals surface area contributed by atoms with Gasteiger partial charge in [-0.15, -0.1) is 0 Å². The van der Waals surface area contributed by atoms with Crippen LogP contribution in [0, 0.1) is 0 Å². The second kappa shape index (κ2) is 11.2. The molecule has 0 radical (unpaired) electrons. The lowest BCUT2D eigenvalue weighted by molar-refractivity contribution is 0.132. The van der Waals surface area contributed by atoms with E-state index in [1.54, 1.807) is 0 Å². The summed E-state index contributed by atoms with van der Waals surface area (Å²) in [6.07, 6.45) is 7.78. The fraction of sp³-hybridized carbons (Fsp3) is 0.667. The Balaban J connectivity index is 1.82. The summed E-state index contributed by atoms with van der Waals surface area (Å²) >= 11 is 0. The van der Waals surface area contributed by atoms with Crippen molar-refractivity contribution < 1.29 is 4.74 Å². The van der Waals surface area contributed by atoms with Gasteiger partial charge in [0.2, 0.25) is 0 Å². The molecule has 1 N–H and O–H groups in total. The van der Waals surface area contributed by atoms with Crippen molar-refractivity contribution in [2.45, 2.75) is 39.0 Å². The van der Waals surface area contributed by atoms with Crippen LogP contribution in [0.4, 0.5) is 0 Å². The number of nitrogens with zero attached hydrogens (tertiary/aromatic N) is 1. The number of hydrogen-bond acceptors (Lipinski definition) is 3. The molecule has 1 heterocycles. The number of pyridine rings is 1. The fourth-order valence-corrected chi connectivity index (χ4v) is 1.81. The van der Waals surface area contributed by atoms with Gasteiger partial charge in [0.1, 0.15) is 0 Å². The summed E-state index contributed by atoms with van der Waals surface area (Å²) < 4.78 is 5.61. The second-order valence-corrected chi connectivity index (χ2v) is 4.45. The second-order valence-electron chi connectivity index (χ2n) is 4.45. The average Bonchev–Trinajstić information content (AvgIpc) is 2.42. The first kappa shape index (κ1) is 15.1. The van der Waals surface area contributed by atoms with E-state index in [-0.39, 0.29) is 0 Å². The molecule has 0 unspecified atom stereocenters. The van der Waals surface area contributed by atoms with Crippen LogP contribution in [0.5, 0.6) is 0 Å². The highest BCUT2D eigenvalue weighted by Crippen LogP contribution is 2.00. The van der Waals surface area contributed by atoms with Gasteiger partial charge in [-0.1, -0.05) is 25.8 Å². The molecule has 0 amide bonds. The standard InChI is InChI=1S/C15H26N2O/c1-2-16-11-6-3-4-8-13-18-14-10-15-9-5-7-12-17-15/h5,7,9,12,16H,2-4,6,8,10-11,13-14H2,1H3. The van der Waals surface area contributed by atoms with Gasteiger partial charge in [0, 0.05) is 24.9 Å². The van der Waals surface area contributed by atoms with Crippen LogP contribution in [0.25, 0.3) is 0 Å². The summed E-state index contributed by atoms with van der Waals surface area (Å²) in [4.78, 5) is 4.27. The molecular formula is C15H26N2O. The molecule has 0 spiro atoms. The van der Waals surface area contributed by atoms with Crippen LogP contribution < -0.4 is 5.32 Å². The summed E-state index contributed by atoms with van der Waals surface area (Å²) in [6, 6.07) is 6.01. The Morgan fingerprint density at radius 3 is 2.78 bits per heavy atom. The SMILES string of the molecule is CCNCCCCCCOCCc1ccccn1. The summed E-state index contributed by atoms with van der Waals surface area (Å²) in [6.45, 7) is 6.05. The zero-order valence-corrected chi connectivity index (χ0v) is 11.5. The molecule has 18 heavy (non-hydrogen) atoms. The van der Waals surface area contributed by atoms with Crippen LogP contribution in [0.1, 0.15) is 38.3 Å². The van der Waals surface area contributed by atoms with Crippen molar-refractivity contribution in [1.29, 1.82) is 0 Å². The number of hydrogen-bond donors (Lipinski definition) is 1. The summed E-state index contributed by atoms with van der Waals surface area (Å²) in [5.74, 6) is 0. The minimum absolute atomic E-state index is 0.786. The van der Waals surface area contributed by atoms with Gasteiger partial charge in [0.05, 0.1) is 6.61 Å². The Hall–Kier alpha value is -0.930. The Kier molecular flexibility index (Phi) is 9.39. The molecule has 0 fully saturated rings. The molecule has 102 valence electrons. The summed E-state index contributed by atoms with van der Waals surface area (Å²) in [7, 11) is 0. The Labute approximate surface area is 111 Å². The zero-order valence-electron chi connectivity index (χ0n) is 11.5. The van der Waals surface area contributed by atoms with Gasteiger partial charge in [-0.2, -0.15) is 0 Å². The van der Waals surface area contributed by atoms with E-state index >= 15 is 0 Å². The van der Waals surface area contributed by atoms with Gasteiger partial charge in [-0.05, 0) is 38.1 Å². The van der Waals surface area contributed by atoms with Crippen molar-refractivity contribution in [3.63, 3.8) is 0 Å². The molecule has 1 aromatic rings. The first-order valence-corrected chi connectivity index (χ1v) is 7.12.